The highest BCUT2D eigenvalue weighted by atomic mass is 15.1. The van der Waals surface area contributed by atoms with E-state index in [1.54, 1.807) is 0 Å². The van der Waals surface area contributed by atoms with E-state index in [1.165, 1.54) is 33.2 Å². The molecule has 0 aliphatic heterocycles. The predicted molar refractivity (Wildman–Crippen MR) is 144 cm³/mol. The lowest BCUT2D eigenvalue weighted by Gasteiger charge is -2.15. The molecule has 0 atom stereocenters. The minimum Gasteiger partial charge on any atom is -0.377 e. The molecule has 1 aromatic heterocycles. The number of pyridine rings is 1. The topological polar surface area (TPSA) is 60.2 Å². The highest BCUT2D eigenvalue weighted by Gasteiger charge is 2.17. The first-order chi connectivity index (χ1) is 15.9. The number of nitrogens with one attached hydrogen (secondary N) is 1. The van der Waals surface area contributed by atoms with Crippen LogP contribution < -0.4 is 20.1 Å². The van der Waals surface area contributed by atoms with Crippen LogP contribution in [0.15, 0.2) is 42.5 Å². The summed E-state index contributed by atoms with van der Waals surface area (Å²) in [6.07, 6.45) is 8.57. The molecule has 0 amide bonds. The van der Waals surface area contributed by atoms with Crippen molar-refractivity contribution in [2.45, 2.75) is 57.9 Å². The molecule has 33 heavy (non-hydrogen) atoms. The van der Waals surface area contributed by atoms with E-state index in [1.807, 2.05) is 0 Å². The van der Waals surface area contributed by atoms with E-state index in [9.17, 15) is 0 Å². The number of aromatic nitrogens is 1. The van der Waals surface area contributed by atoms with E-state index >= 15 is 0 Å². The fraction of sp³-hybridized carbons (Fsp3) is 0.500. The van der Waals surface area contributed by atoms with Crippen molar-refractivity contribution in [1.82, 2.24) is 0 Å². The lowest BCUT2D eigenvalue weighted by Crippen LogP contribution is -2.36. The summed E-state index contributed by atoms with van der Waals surface area (Å²) in [4.78, 5) is 4.34. The van der Waals surface area contributed by atoms with Crippen molar-refractivity contribution < 1.29 is 4.57 Å². The predicted octanol–water partition coefficient (Wildman–Crippen LogP) is 5.51. The van der Waals surface area contributed by atoms with Crippen LogP contribution in [0.2, 0.25) is 0 Å². The van der Waals surface area contributed by atoms with Gasteiger partial charge in [-0.3, -0.25) is 0 Å². The van der Waals surface area contributed by atoms with Crippen molar-refractivity contribution in [3.05, 3.63) is 42.5 Å². The largest absolute Gasteiger partial charge is 0.377 e. The summed E-state index contributed by atoms with van der Waals surface area (Å²) in [5.74, 6) is 0. The third kappa shape index (κ3) is 6.67. The van der Waals surface area contributed by atoms with Gasteiger partial charge in [-0.25, -0.2) is 0 Å². The Bertz CT molecular complexity index is 1000. The molecule has 5 nitrogen and oxygen atoms in total. The van der Waals surface area contributed by atoms with Gasteiger partial charge in [0.1, 0.15) is 6.54 Å². The van der Waals surface area contributed by atoms with E-state index in [4.69, 9.17) is 11.1 Å². The Hall–Kier alpha value is -2.66. The Kier molecular flexibility index (Phi) is 9.07. The Morgan fingerprint density at radius 3 is 1.73 bits per heavy atom. The van der Waals surface area contributed by atoms with Crippen LogP contribution in [0.25, 0.3) is 21.8 Å². The van der Waals surface area contributed by atoms with Crippen LogP contribution >= 0.6 is 0 Å². The van der Waals surface area contributed by atoms with E-state index < -0.39 is 0 Å². The first-order valence-corrected chi connectivity index (χ1v) is 12.4. The maximum atomic E-state index is 8.22. The first-order valence-electron chi connectivity index (χ1n) is 12.4. The number of hydrogen-bond acceptors (Lipinski definition) is 4. The second kappa shape index (κ2) is 12.0. The summed E-state index contributed by atoms with van der Waals surface area (Å²) in [5.41, 5.74) is 11.5. The van der Waals surface area contributed by atoms with E-state index in [2.05, 4.69) is 85.0 Å². The summed E-state index contributed by atoms with van der Waals surface area (Å²) in [6, 6.07) is 15.8. The normalized spacial score (nSPS) is 11.3. The van der Waals surface area contributed by atoms with Gasteiger partial charge in [-0.05, 0) is 75.4 Å². The average molecular weight is 449 g/mol. The van der Waals surface area contributed by atoms with Gasteiger partial charge in [-0.1, -0.05) is 6.42 Å². The molecular formula is C28H42N5+. The Morgan fingerprint density at radius 2 is 1.24 bits per heavy atom. The van der Waals surface area contributed by atoms with Crippen LogP contribution in [-0.4, -0.2) is 40.4 Å². The molecule has 3 aromatic rings. The number of anilines is 2. The molecule has 178 valence electrons. The van der Waals surface area contributed by atoms with Crippen LogP contribution in [0.3, 0.4) is 0 Å². The number of benzene rings is 2. The molecule has 0 aliphatic carbocycles. The van der Waals surface area contributed by atoms with Crippen molar-refractivity contribution in [3.63, 3.8) is 0 Å². The number of hydrogen-bond donors (Lipinski definition) is 2. The van der Waals surface area contributed by atoms with Gasteiger partial charge in [0.2, 0.25) is 11.0 Å². The number of rotatable bonds is 13. The average Bonchev–Trinajstić information content (AvgIpc) is 2.80. The quantitative estimate of drug-likeness (QED) is 0.157. The zero-order valence-electron chi connectivity index (χ0n) is 21.0. The minimum atomic E-state index is 0.764. The molecule has 0 radical (unpaired) electrons. The third-order valence-corrected chi connectivity index (χ3v) is 6.50. The summed E-state index contributed by atoms with van der Waals surface area (Å²) in [5, 5.41) is 10.8. The van der Waals surface area contributed by atoms with Crippen LogP contribution in [0, 0.1) is 5.41 Å². The van der Waals surface area contributed by atoms with Crippen LogP contribution in [-0.2, 0) is 6.54 Å². The summed E-state index contributed by atoms with van der Waals surface area (Å²) in [6.45, 7) is 1.76. The van der Waals surface area contributed by atoms with Crippen LogP contribution in [0.5, 0.6) is 0 Å². The number of aryl methyl sites for hydroxylation is 1. The monoisotopic (exact) mass is 448 g/mol. The highest BCUT2D eigenvalue weighted by molar-refractivity contribution is 5.91. The van der Waals surface area contributed by atoms with Gasteiger partial charge >= 0.3 is 0 Å². The summed E-state index contributed by atoms with van der Waals surface area (Å²) in [7, 11) is 8.40. The molecule has 3 N–H and O–H groups in total. The van der Waals surface area contributed by atoms with Crippen LogP contribution in [0.4, 0.5) is 11.4 Å². The van der Waals surface area contributed by atoms with E-state index in [-0.39, 0.29) is 0 Å². The second-order valence-electron chi connectivity index (χ2n) is 9.58. The molecule has 0 unspecified atom stereocenters. The molecule has 0 saturated heterocycles. The molecule has 0 bridgehead atoms. The molecule has 0 spiro atoms. The van der Waals surface area contributed by atoms with Crippen molar-refractivity contribution >= 4 is 38.9 Å². The maximum Gasteiger partial charge on any atom is 0.215 e. The molecule has 0 aliphatic rings. The standard InChI is InChI=1S/C28H42N5/c1-31(2)25-15-13-22-19-23-14-16-26(32(3)4)21-28(23)33(27(22)20-25)18-10-6-8-12-24(30)11-7-5-9-17-29/h13-16,19-21,30H,5-12,17-18,29H2,1-4H3/q+1. The van der Waals surface area contributed by atoms with Crippen LogP contribution in [0.1, 0.15) is 51.4 Å². The number of nitrogens with two attached hydrogens (primary N) is 1. The summed E-state index contributed by atoms with van der Waals surface area (Å²) >= 11 is 0. The first kappa shape index (κ1) is 25.0. The lowest BCUT2D eigenvalue weighted by atomic mass is 10.0. The van der Waals surface area contributed by atoms with Crippen molar-refractivity contribution in [2.24, 2.45) is 5.73 Å². The maximum absolute atomic E-state index is 8.22. The Labute approximate surface area is 199 Å². The molecule has 3 rings (SSSR count). The number of nitrogens with zero attached hydrogens (tertiary/aromatic N) is 3. The molecule has 0 fully saturated rings. The fourth-order valence-corrected chi connectivity index (χ4v) is 4.44. The molecule has 2 aromatic carbocycles. The van der Waals surface area contributed by atoms with Gasteiger partial charge in [0.05, 0.1) is 0 Å². The van der Waals surface area contributed by atoms with Gasteiger partial charge in [0, 0.05) is 74.6 Å². The number of fused-ring (bicyclic) bond motifs is 2. The molecular weight excluding hydrogens is 406 g/mol. The lowest BCUT2D eigenvalue weighted by molar-refractivity contribution is -0.645. The number of unbranched alkanes of at least 4 members (excludes halogenated alkanes) is 4. The minimum absolute atomic E-state index is 0.764. The van der Waals surface area contributed by atoms with Gasteiger partial charge in [0.25, 0.3) is 0 Å². The zero-order chi connectivity index (χ0) is 23.8. The van der Waals surface area contributed by atoms with Gasteiger partial charge in [-0.15, -0.1) is 0 Å². The smallest absolute Gasteiger partial charge is 0.215 e. The SMILES string of the molecule is CN(C)c1ccc2cc3ccc(N(C)C)cc3[n+](CCCCCC(=N)CCCCCN)c2c1. The Morgan fingerprint density at radius 1 is 0.727 bits per heavy atom. The highest BCUT2D eigenvalue weighted by Crippen LogP contribution is 2.25. The molecule has 1 heterocycles. The van der Waals surface area contributed by atoms with E-state index in [0.29, 0.717) is 0 Å². The third-order valence-electron chi connectivity index (χ3n) is 6.50. The molecule has 0 saturated carbocycles. The van der Waals surface area contributed by atoms with Crippen molar-refractivity contribution in [3.8, 4) is 0 Å². The van der Waals surface area contributed by atoms with E-state index in [0.717, 1.165) is 70.2 Å². The van der Waals surface area contributed by atoms with Gasteiger partial charge in [-0.2, -0.15) is 4.57 Å². The second-order valence-corrected chi connectivity index (χ2v) is 9.58. The fourth-order valence-electron chi connectivity index (χ4n) is 4.44. The van der Waals surface area contributed by atoms with Gasteiger partial charge in [0.15, 0.2) is 0 Å². The van der Waals surface area contributed by atoms with Crippen molar-refractivity contribution in [1.29, 1.82) is 5.41 Å². The molecule has 5 heteroatoms. The Balaban J connectivity index is 1.76. The summed E-state index contributed by atoms with van der Waals surface area (Å²) < 4.78 is 2.50. The van der Waals surface area contributed by atoms with Gasteiger partial charge < -0.3 is 20.9 Å². The van der Waals surface area contributed by atoms with Crippen molar-refractivity contribution in [2.75, 3.05) is 44.5 Å². The zero-order valence-corrected chi connectivity index (χ0v) is 21.0.